The molecule has 1 aliphatic heterocycles. The van der Waals surface area contributed by atoms with Crippen molar-refractivity contribution < 1.29 is 0 Å². The Bertz CT molecular complexity index is 858. The third-order valence-corrected chi connectivity index (χ3v) is 5.75. The summed E-state index contributed by atoms with van der Waals surface area (Å²) in [5.41, 5.74) is 4.82. The van der Waals surface area contributed by atoms with E-state index in [0.29, 0.717) is 6.04 Å². The number of likely N-dealkylation sites (tertiary alicyclic amines) is 1. The normalized spacial score (nSPS) is 16.1. The standard InChI is InChI=1S/C22H29N5/c1-3-20(16-25-11-7-8-12-25)26-17-23-14-22(26)21-13-24-27(18(21)2)15-19-9-5-4-6-10-19/h4-6,9-10,13-14,17,20H,3,7-8,11-12,15-16H2,1-2H3/t20-/m1/s1. The highest BCUT2D eigenvalue weighted by Gasteiger charge is 2.21. The Balaban J connectivity index is 1.58. The molecule has 142 valence electrons. The molecular weight excluding hydrogens is 334 g/mol. The van der Waals surface area contributed by atoms with Crippen LogP contribution in [0, 0.1) is 6.92 Å². The minimum Gasteiger partial charge on any atom is -0.326 e. The number of hydrogen-bond donors (Lipinski definition) is 0. The Morgan fingerprint density at radius 2 is 1.85 bits per heavy atom. The number of rotatable bonds is 7. The van der Waals surface area contributed by atoms with Crippen LogP contribution in [0.5, 0.6) is 0 Å². The lowest BCUT2D eigenvalue weighted by Crippen LogP contribution is -2.28. The second-order valence-corrected chi connectivity index (χ2v) is 7.54. The van der Waals surface area contributed by atoms with Gasteiger partial charge in [0.05, 0.1) is 31.0 Å². The van der Waals surface area contributed by atoms with Gasteiger partial charge in [-0.25, -0.2) is 4.98 Å². The first-order valence-corrected chi connectivity index (χ1v) is 10.1. The van der Waals surface area contributed by atoms with Crippen molar-refractivity contribution in [1.29, 1.82) is 0 Å². The summed E-state index contributed by atoms with van der Waals surface area (Å²) in [4.78, 5) is 7.07. The van der Waals surface area contributed by atoms with Crippen LogP contribution in [0.25, 0.3) is 11.3 Å². The SMILES string of the molecule is CC[C@H](CN1CCCC1)n1cncc1-c1cnn(Cc2ccccc2)c1C. The van der Waals surface area contributed by atoms with Gasteiger partial charge in [0.2, 0.25) is 0 Å². The summed E-state index contributed by atoms with van der Waals surface area (Å²) in [7, 11) is 0. The maximum Gasteiger partial charge on any atom is 0.0954 e. The topological polar surface area (TPSA) is 38.9 Å². The Morgan fingerprint density at radius 3 is 2.59 bits per heavy atom. The highest BCUT2D eigenvalue weighted by atomic mass is 15.3. The minimum absolute atomic E-state index is 0.456. The van der Waals surface area contributed by atoms with Crippen molar-refractivity contribution in [2.45, 2.75) is 45.7 Å². The zero-order chi connectivity index (χ0) is 18.6. The van der Waals surface area contributed by atoms with E-state index in [1.807, 2.05) is 18.7 Å². The summed E-state index contributed by atoms with van der Waals surface area (Å²) >= 11 is 0. The lowest BCUT2D eigenvalue weighted by molar-refractivity contribution is 0.273. The van der Waals surface area contributed by atoms with Gasteiger partial charge in [-0.2, -0.15) is 5.10 Å². The fraction of sp³-hybridized carbons (Fsp3) is 0.455. The lowest BCUT2D eigenvalue weighted by atomic mass is 10.1. The molecule has 5 heteroatoms. The maximum atomic E-state index is 4.66. The fourth-order valence-electron chi connectivity index (χ4n) is 4.09. The predicted octanol–water partition coefficient (Wildman–Crippen LogP) is 4.15. The van der Waals surface area contributed by atoms with Crippen molar-refractivity contribution >= 4 is 0 Å². The molecule has 3 aromatic rings. The van der Waals surface area contributed by atoms with E-state index in [1.165, 1.54) is 48.4 Å². The van der Waals surface area contributed by atoms with E-state index in [0.717, 1.165) is 19.5 Å². The average Bonchev–Trinajstić information content (AvgIpc) is 3.43. The highest BCUT2D eigenvalue weighted by Crippen LogP contribution is 2.28. The van der Waals surface area contributed by atoms with E-state index in [4.69, 9.17) is 0 Å². The van der Waals surface area contributed by atoms with Crippen LogP contribution in [0.2, 0.25) is 0 Å². The van der Waals surface area contributed by atoms with E-state index in [1.54, 1.807) is 0 Å². The van der Waals surface area contributed by atoms with Crippen molar-refractivity contribution in [3.05, 3.63) is 60.3 Å². The third kappa shape index (κ3) is 3.83. The first kappa shape index (κ1) is 18.0. The van der Waals surface area contributed by atoms with E-state index >= 15 is 0 Å². The third-order valence-electron chi connectivity index (χ3n) is 5.75. The number of nitrogens with zero attached hydrogens (tertiary/aromatic N) is 5. The first-order chi connectivity index (χ1) is 13.3. The zero-order valence-corrected chi connectivity index (χ0v) is 16.4. The molecule has 1 atom stereocenters. The second kappa shape index (κ2) is 8.09. The smallest absolute Gasteiger partial charge is 0.0954 e. The molecular formula is C22H29N5. The van der Waals surface area contributed by atoms with Gasteiger partial charge in [0, 0.05) is 23.8 Å². The van der Waals surface area contributed by atoms with Crippen molar-refractivity contribution in [1.82, 2.24) is 24.2 Å². The largest absolute Gasteiger partial charge is 0.326 e. The molecule has 27 heavy (non-hydrogen) atoms. The molecule has 1 aliphatic rings. The monoisotopic (exact) mass is 363 g/mol. The minimum atomic E-state index is 0.456. The first-order valence-electron chi connectivity index (χ1n) is 10.1. The molecule has 1 saturated heterocycles. The number of hydrogen-bond acceptors (Lipinski definition) is 3. The van der Waals surface area contributed by atoms with Crippen LogP contribution in [0.3, 0.4) is 0 Å². The van der Waals surface area contributed by atoms with Crippen LogP contribution < -0.4 is 0 Å². The Kier molecular flexibility index (Phi) is 5.39. The summed E-state index contributed by atoms with van der Waals surface area (Å²) in [5, 5.41) is 4.66. The average molecular weight is 364 g/mol. The summed E-state index contributed by atoms with van der Waals surface area (Å²) in [5.74, 6) is 0. The maximum absolute atomic E-state index is 4.66. The van der Waals surface area contributed by atoms with Crippen LogP contribution in [0.4, 0.5) is 0 Å². The Morgan fingerprint density at radius 1 is 1.07 bits per heavy atom. The van der Waals surface area contributed by atoms with Crippen LogP contribution >= 0.6 is 0 Å². The highest BCUT2D eigenvalue weighted by molar-refractivity contribution is 5.61. The molecule has 0 bridgehead atoms. The molecule has 4 rings (SSSR count). The van der Waals surface area contributed by atoms with Crippen LogP contribution in [-0.2, 0) is 6.54 Å². The van der Waals surface area contributed by atoms with E-state index < -0.39 is 0 Å². The summed E-state index contributed by atoms with van der Waals surface area (Å²) in [6.07, 6.45) is 9.75. The van der Waals surface area contributed by atoms with Crippen LogP contribution in [0.1, 0.15) is 43.5 Å². The lowest BCUT2D eigenvalue weighted by Gasteiger charge is -2.25. The molecule has 0 saturated carbocycles. The second-order valence-electron chi connectivity index (χ2n) is 7.54. The molecule has 0 aliphatic carbocycles. The zero-order valence-electron chi connectivity index (χ0n) is 16.4. The van der Waals surface area contributed by atoms with Gasteiger partial charge >= 0.3 is 0 Å². The molecule has 0 radical (unpaired) electrons. The van der Waals surface area contributed by atoms with Gasteiger partial charge in [0.15, 0.2) is 0 Å². The fourth-order valence-corrected chi connectivity index (χ4v) is 4.09. The molecule has 1 aromatic carbocycles. The molecule has 5 nitrogen and oxygen atoms in total. The van der Waals surface area contributed by atoms with Crippen LogP contribution in [-0.4, -0.2) is 43.9 Å². The molecule has 0 amide bonds. The molecule has 2 aromatic heterocycles. The van der Waals surface area contributed by atoms with Gasteiger partial charge in [0.25, 0.3) is 0 Å². The van der Waals surface area contributed by atoms with Gasteiger partial charge in [-0.05, 0) is 44.8 Å². The number of imidazole rings is 1. The number of benzene rings is 1. The van der Waals surface area contributed by atoms with Crippen molar-refractivity contribution in [3.63, 3.8) is 0 Å². The molecule has 3 heterocycles. The van der Waals surface area contributed by atoms with Crippen LogP contribution in [0.15, 0.2) is 49.1 Å². The molecule has 0 N–H and O–H groups in total. The van der Waals surface area contributed by atoms with E-state index in [-0.39, 0.29) is 0 Å². The van der Waals surface area contributed by atoms with Gasteiger partial charge in [-0.1, -0.05) is 37.3 Å². The van der Waals surface area contributed by atoms with Crippen molar-refractivity contribution in [3.8, 4) is 11.3 Å². The summed E-state index contributed by atoms with van der Waals surface area (Å²) in [6.45, 7) is 8.80. The molecule has 0 unspecified atom stereocenters. The van der Waals surface area contributed by atoms with Gasteiger partial charge in [-0.15, -0.1) is 0 Å². The Hall–Kier alpha value is -2.40. The van der Waals surface area contributed by atoms with Gasteiger partial charge < -0.3 is 9.47 Å². The summed E-state index contributed by atoms with van der Waals surface area (Å²) < 4.78 is 4.44. The molecule has 1 fully saturated rings. The van der Waals surface area contributed by atoms with E-state index in [2.05, 4.69) is 68.4 Å². The van der Waals surface area contributed by atoms with E-state index in [9.17, 15) is 0 Å². The van der Waals surface area contributed by atoms with Crippen molar-refractivity contribution in [2.75, 3.05) is 19.6 Å². The quantitative estimate of drug-likeness (QED) is 0.633. The van der Waals surface area contributed by atoms with Gasteiger partial charge in [0.1, 0.15) is 0 Å². The number of aromatic nitrogens is 4. The summed E-state index contributed by atoms with van der Waals surface area (Å²) in [6, 6.07) is 11.0. The molecule has 0 spiro atoms. The van der Waals surface area contributed by atoms with Crippen molar-refractivity contribution in [2.24, 2.45) is 0 Å². The Labute approximate surface area is 161 Å². The van der Waals surface area contributed by atoms with Gasteiger partial charge in [-0.3, -0.25) is 4.68 Å². The predicted molar refractivity (Wildman–Crippen MR) is 109 cm³/mol.